The lowest BCUT2D eigenvalue weighted by Gasteiger charge is -2.18. The average molecular weight is 376 g/mol. The number of nitrogens with one attached hydrogen (secondary N) is 1. The fourth-order valence-electron chi connectivity index (χ4n) is 2.92. The topological polar surface area (TPSA) is 85.3 Å². The first kappa shape index (κ1) is 19.4. The molecule has 0 radical (unpaired) electrons. The SMILES string of the molecule is CC(C)(C)c1ccc(-c2ccc(C(=O)Nc3ccccc3CC(N)=O)o2)cc1. The van der Waals surface area contributed by atoms with E-state index >= 15 is 0 Å². The summed E-state index contributed by atoms with van der Waals surface area (Å²) in [6.07, 6.45) is 0.0555. The van der Waals surface area contributed by atoms with E-state index in [9.17, 15) is 9.59 Å². The predicted molar refractivity (Wildman–Crippen MR) is 110 cm³/mol. The van der Waals surface area contributed by atoms with Gasteiger partial charge in [0, 0.05) is 11.3 Å². The van der Waals surface area contributed by atoms with Crippen LogP contribution in [0.4, 0.5) is 5.69 Å². The van der Waals surface area contributed by atoms with Crippen LogP contribution >= 0.6 is 0 Å². The fourth-order valence-corrected chi connectivity index (χ4v) is 2.92. The van der Waals surface area contributed by atoms with Gasteiger partial charge in [-0.25, -0.2) is 0 Å². The number of amides is 2. The van der Waals surface area contributed by atoms with Crippen molar-refractivity contribution in [1.82, 2.24) is 0 Å². The zero-order valence-electron chi connectivity index (χ0n) is 16.3. The van der Waals surface area contributed by atoms with Crippen molar-refractivity contribution in [2.75, 3.05) is 5.32 Å². The minimum Gasteiger partial charge on any atom is -0.451 e. The van der Waals surface area contributed by atoms with E-state index in [4.69, 9.17) is 10.2 Å². The van der Waals surface area contributed by atoms with Gasteiger partial charge in [0.2, 0.25) is 5.91 Å². The van der Waals surface area contributed by atoms with Gasteiger partial charge in [-0.15, -0.1) is 0 Å². The molecule has 0 saturated heterocycles. The van der Waals surface area contributed by atoms with E-state index in [1.807, 2.05) is 12.1 Å². The number of carbonyl (C=O) groups is 2. The number of nitrogens with two attached hydrogens (primary N) is 1. The molecule has 0 atom stereocenters. The Morgan fingerprint density at radius 3 is 2.29 bits per heavy atom. The van der Waals surface area contributed by atoms with Crippen molar-refractivity contribution in [2.24, 2.45) is 5.73 Å². The van der Waals surface area contributed by atoms with E-state index in [1.165, 1.54) is 5.56 Å². The summed E-state index contributed by atoms with van der Waals surface area (Å²) in [5.41, 5.74) is 8.68. The second-order valence-corrected chi connectivity index (χ2v) is 7.75. The number of anilines is 1. The number of furan rings is 1. The monoisotopic (exact) mass is 376 g/mol. The van der Waals surface area contributed by atoms with Crippen molar-refractivity contribution < 1.29 is 14.0 Å². The molecule has 144 valence electrons. The lowest BCUT2D eigenvalue weighted by molar-refractivity contribution is -0.117. The molecule has 0 aliphatic rings. The van der Waals surface area contributed by atoms with Crippen LogP contribution in [0.15, 0.2) is 65.1 Å². The Morgan fingerprint density at radius 1 is 0.964 bits per heavy atom. The second kappa shape index (κ2) is 7.72. The van der Waals surface area contributed by atoms with Crippen molar-refractivity contribution in [3.05, 3.63) is 77.6 Å². The Labute approximate surface area is 164 Å². The molecule has 0 aliphatic heterocycles. The highest BCUT2D eigenvalue weighted by atomic mass is 16.3. The smallest absolute Gasteiger partial charge is 0.291 e. The Hall–Kier alpha value is -3.34. The van der Waals surface area contributed by atoms with Crippen LogP contribution in [0.3, 0.4) is 0 Å². The summed E-state index contributed by atoms with van der Waals surface area (Å²) in [7, 11) is 0. The molecule has 28 heavy (non-hydrogen) atoms. The molecular formula is C23H24N2O3. The molecule has 0 fully saturated rings. The number of hydrogen-bond donors (Lipinski definition) is 2. The maximum Gasteiger partial charge on any atom is 0.291 e. The molecule has 3 N–H and O–H groups in total. The normalized spacial score (nSPS) is 11.2. The molecule has 3 rings (SSSR count). The number of primary amides is 1. The van der Waals surface area contributed by atoms with Crippen LogP contribution in [0.5, 0.6) is 0 Å². The molecule has 1 aromatic heterocycles. The number of para-hydroxylation sites is 1. The van der Waals surface area contributed by atoms with Gasteiger partial charge in [0.15, 0.2) is 5.76 Å². The highest BCUT2D eigenvalue weighted by Gasteiger charge is 2.16. The highest BCUT2D eigenvalue weighted by Crippen LogP contribution is 2.27. The van der Waals surface area contributed by atoms with Crippen LogP contribution in [0.25, 0.3) is 11.3 Å². The van der Waals surface area contributed by atoms with E-state index in [2.05, 4.69) is 38.2 Å². The first-order valence-electron chi connectivity index (χ1n) is 9.12. The summed E-state index contributed by atoms with van der Waals surface area (Å²) in [5.74, 6) is -0.0185. The largest absolute Gasteiger partial charge is 0.451 e. The first-order chi connectivity index (χ1) is 13.2. The van der Waals surface area contributed by atoms with Crippen LogP contribution in [-0.4, -0.2) is 11.8 Å². The molecule has 2 aromatic carbocycles. The molecule has 2 amide bonds. The third-order valence-electron chi connectivity index (χ3n) is 4.50. The van der Waals surface area contributed by atoms with E-state index in [-0.39, 0.29) is 23.5 Å². The van der Waals surface area contributed by atoms with Crippen LogP contribution in [0.2, 0.25) is 0 Å². The molecular weight excluding hydrogens is 352 g/mol. The number of carbonyl (C=O) groups excluding carboxylic acids is 2. The van der Waals surface area contributed by atoms with Gasteiger partial charge in [-0.3, -0.25) is 9.59 Å². The summed E-state index contributed by atoms with van der Waals surface area (Å²) < 4.78 is 5.75. The molecule has 1 heterocycles. The van der Waals surface area contributed by atoms with Gasteiger partial charge < -0.3 is 15.5 Å². The molecule has 0 bridgehead atoms. The Kier molecular flexibility index (Phi) is 5.36. The number of benzene rings is 2. The first-order valence-corrected chi connectivity index (χ1v) is 9.12. The van der Waals surface area contributed by atoms with Gasteiger partial charge in [0.25, 0.3) is 5.91 Å². The number of rotatable bonds is 5. The Bertz CT molecular complexity index is 995. The molecule has 5 nitrogen and oxygen atoms in total. The maximum absolute atomic E-state index is 12.6. The lowest BCUT2D eigenvalue weighted by Crippen LogP contribution is -2.17. The molecule has 0 saturated carbocycles. The third kappa shape index (κ3) is 4.49. The Morgan fingerprint density at radius 2 is 1.64 bits per heavy atom. The van der Waals surface area contributed by atoms with Gasteiger partial charge in [0.1, 0.15) is 5.76 Å². The van der Waals surface area contributed by atoms with Gasteiger partial charge in [0.05, 0.1) is 6.42 Å². The zero-order valence-corrected chi connectivity index (χ0v) is 16.3. The van der Waals surface area contributed by atoms with Gasteiger partial charge in [-0.05, 0) is 34.7 Å². The minimum absolute atomic E-state index is 0.0555. The summed E-state index contributed by atoms with van der Waals surface area (Å²) >= 11 is 0. The van der Waals surface area contributed by atoms with Crippen LogP contribution in [0.1, 0.15) is 42.5 Å². The van der Waals surface area contributed by atoms with E-state index in [1.54, 1.807) is 36.4 Å². The molecule has 0 aliphatic carbocycles. The van der Waals surface area contributed by atoms with Crippen LogP contribution in [-0.2, 0) is 16.6 Å². The standard InChI is InChI=1S/C23H24N2O3/c1-23(2,3)17-10-8-15(9-11-17)19-12-13-20(28-19)22(27)25-18-7-5-4-6-16(18)14-21(24)26/h4-13H,14H2,1-3H3,(H2,24,26)(H,25,27). The number of hydrogen-bond acceptors (Lipinski definition) is 3. The van der Waals surface area contributed by atoms with Gasteiger partial charge in [-0.1, -0.05) is 63.2 Å². The van der Waals surface area contributed by atoms with Gasteiger partial charge >= 0.3 is 0 Å². The van der Waals surface area contributed by atoms with E-state index in [0.717, 1.165) is 5.56 Å². The second-order valence-electron chi connectivity index (χ2n) is 7.75. The molecule has 0 spiro atoms. The predicted octanol–water partition coefficient (Wildman–Crippen LogP) is 4.52. The average Bonchev–Trinajstić information content (AvgIpc) is 3.12. The summed E-state index contributed by atoms with van der Waals surface area (Å²) in [6.45, 7) is 6.48. The molecule has 0 unspecified atom stereocenters. The summed E-state index contributed by atoms with van der Waals surface area (Å²) in [4.78, 5) is 23.8. The van der Waals surface area contributed by atoms with Crippen molar-refractivity contribution in [3.8, 4) is 11.3 Å². The van der Waals surface area contributed by atoms with Crippen molar-refractivity contribution in [3.63, 3.8) is 0 Å². The van der Waals surface area contributed by atoms with Crippen LogP contribution in [0, 0.1) is 0 Å². The summed E-state index contributed by atoms with van der Waals surface area (Å²) in [6, 6.07) is 18.6. The van der Waals surface area contributed by atoms with Crippen molar-refractivity contribution in [1.29, 1.82) is 0 Å². The minimum atomic E-state index is -0.458. The quantitative estimate of drug-likeness (QED) is 0.686. The van der Waals surface area contributed by atoms with Crippen molar-refractivity contribution in [2.45, 2.75) is 32.6 Å². The van der Waals surface area contributed by atoms with Gasteiger partial charge in [-0.2, -0.15) is 0 Å². The van der Waals surface area contributed by atoms with Crippen LogP contribution < -0.4 is 11.1 Å². The highest BCUT2D eigenvalue weighted by molar-refractivity contribution is 6.03. The Balaban J connectivity index is 1.77. The molecule has 5 heteroatoms. The fraction of sp³-hybridized carbons (Fsp3) is 0.217. The van der Waals surface area contributed by atoms with E-state index in [0.29, 0.717) is 17.0 Å². The molecule has 3 aromatic rings. The third-order valence-corrected chi connectivity index (χ3v) is 4.50. The van der Waals surface area contributed by atoms with Crippen molar-refractivity contribution >= 4 is 17.5 Å². The van der Waals surface area contributed by atoms with E-state index < -0.39 is 5.91 Å². The lowest BCUT2D eigenvalue weighted by atomic mass is 9.86. The maximum atomic E-state index is 12.6. The summed E-state index contributed by atoms with van der Waals surface area (Å²) in [5, 5.41) is 2.79. The zero-order chi connectivity index (χ0) is 20.3.